The van der Waals surface area contributed by atoms with Crippen molar-refractivity contribution in [2.75, 3.05) is 13.1 Å². The summed E-state index contributed by atoms with van der Waals surface area (Å²) in [5.74, 6) is 0.444. The molecule has 0 radical (unpaired) electrons. The number of aryl methyl sites for hydroxylation is 2. The van der Waals surface area contributed by atoms with Gasteiger partial charge in [0.25, 0.3) is 5.91 Å². The second-order valence-corrected chi connectivity index (χ2v) is 5.74. The zero-order chi connectivity index (χ0) is 16.4. The van der Waals surface area contributed by atoms with Gasteiger partial charge in [-0.25, -0.2) is 4.98 Å². The minimum absolute atomic E-state index is 0.0201. The number of aromatic nitrogens is 1. The summed E-state index contributed by atoms with van der Waals surface area (Å²) in [6.07, 6.45) is 1.47. The third-order valence-corrected chi connectivity index (χ3v) is 4.04. The van der Waals surface area contributed by atoms with Crippen molar-refractivity contribution in [3.63, 3.8) is 0 Å². The summed E-state index contributed by atoms with van der Waals surface area (Å²) >= 11 is 0. The van der Waals surface area contributed by atoms with Gasteiger partial charge in [-0.2, -0.15) is 5.26 Å². The van der Waals surface area contributed by atoms with E-state index in [0.29, 0.717) is 30.1 Å². The van der Waals surface area contributed by atoms with Crippen molar-refractivity contribution in [1.29, 1.82) is 5.26 Å². The maximum atomic E-state index is 12.4. The molecule has 1 aromatic carbocycles. The van der Waals surface area contributed by atoms with Gasteiger partial charge in [-0.05, 0) is 43.2 Å². The first-order valence-corrected chi connectivity index (χ1v) is 7.46. The minimum Gasteiger partial charge on any atom is -0.471 e. The summed E-state index contributed by atoms with van der Waals surface area (Å²) in [5.41, 5.74) is 3.50. The van der Waals surface area contributed by atoms with Gasteiger partial charge in [-0.3, -0.25) is 4.79 Å². The molecule has 5 heteroatoms. The van der Waals surface area contributed by atoms with Gasteiger partial charge in [0.2, 0.25) is 5.88 Å². The van der Waals surface area contributed by atoms with Gasteiger partial charge in [0, 0.05) is 17.8 Å². The van der Waals surface area contributed by atoms with Crippen molar-refractivity contribution in [2.45, 2.75) is 20.0 Å². The van der Waals surface area contributed by atoms with E-state index in [4.69, 9.17) is 10.00 Å². The van der Waals surface area contributed by atoms with Crippen LogP contribution in [-0.4, -0.2) is 35.0 Å². The number of hydrogen-bond donors (Lipinski definition) is 0. The molecule has 1 fully saturated rings. The number of ether oxygens (including phenoxy) is 1. The molecule has 2 aromatic rings. The van der Waals surface area contributed by atoms with Crippen molar-refractivity contribution in [3.05, 3.63) is 58.8 Å². The fourth-order valence-electron chi connectivity index (χ4n) is 2.45. The minimum atomic E-state index is -0.0769. The number of hydrogen-bond acceptors (Lipinski definition) is 4. The van der Waals surface area contributed by atoms with Crippen molar-refractivity contribution in [3.8, 4) is 11.9 Å². The Balaban J connectivity index is 1.59. The number of rotatable bonds is 3. The van der Waals surface area contributed by atoms with Gasteiger partial charge in [0.1, 0.15) is 6.10 Å². The molecule has 3 rings (SSSR count). The summed E-state index contributed by atoms with van der Waals surface area (Å²) in [7, 11) is 0. The van der Waals surface area contributed by atoms with Gasteiger partial charge in [0.05, 0.1) is 24.7 Å². The molecule has 1 saturated heterocycles. The molecule has 0 aliphatic carbocycles. The smallest absolute Gasteiger partial charge is 0.254 e. The SMILES string of the molecule is Cc1ccc(C(=O)N2CC(Oc3cc(C#N)ccn3)C2)cc1C. The van der Waals surface area contributed by atoms with E-state index in [1.165, 1.54) is 5.56 Å². The summed E-state index contributed by atoms with van der Waals surface area (Å²) in [4.78, 5) is 18.2. The highest BCUT2D eigenvalue weighted by atomic mass is 16.5. The summed E-state index contributed by atoms with van der Waals surface area (Å²) in [6.45, 7) is 5.09. The lowest BCUT2D eigenvalue weighted by Gasteiger charge is -2.38. The highest BCUT2D eigenvalue weighted by Gasteiger charge is 2.33. The molecule has 0 spiro atoms. The first kappa shape index (κ1) is 15.0. The first-order valence-electron chi connectivity index (χ1n) is 7.46. The van der Waals surface area contributed by atoms with Crippen LogP contribution in [0.25, 0.3) is 0 Å². The molecular formula is C18H17N3O2. The summed E-state index contributed by atoms with van der Waals surface area (Å²) in [6, 6.07) is 11.0. The Morgan fingerprint density at radius 3 is 2.74 bits per heavy atom. The number of carbonyl (C=O) groups excluding carboxylic acids is 1. The van der Waals surface area contributed by atoms with Gasteiger partial charge >= 0.3 is 0 Å². The average molecular weight is 307 g/mol. The Morgan fingerprint density at radius 1 is 1.26 bits per heavy atom. The molecule has 1 aromatic heterocycles. The predicted octanol–water partition coefficient (Wildman–Crippen LogP) is 2.47. The van der Waals surface area contributed by atoms with Crippen molar-refractivity contribution in [2.24, 2.45) is 0 Å². The van der Waals surface area contributed by atoms with Crippen LogP contribution in [0.15, 0.2) is 36.5 Å². The van der Waals surface area contributed by atoms with E-state index in [1.807, 2.05) is 32.0 Å². The van der Waals surface area contributed by atoms with Gasteiger partial charge in [-0.15, -0.1) is 0 Å². The molecule has 2 heterocycles. The van der Waals surface area contributed by atoms with Crippen LogP contribution in [0.1, 0.15) is 27.0 Å². The molecule has 23 heavy (non-hydrogen) atoms. The molecule has 1 aliphatic rings. The lowest BCUT2D eigenvalue weighted by molar-refractivity contribution is 0.0160. The number of nitriles is 1. The fraction of sp³-hybridized carbons (Fsp3) is 0.278. The molecule has 0 saturated carbocycles. The van der Waals surface area contributed by atoms with Crippen molar-refractivity contribution >= 4 is 5.91 Å². The quantitative estimate of drug-likeness (QED) is 0.873. The van der Waals surface area contributed by atoms with E-state index in [1.54, 1.807) is 23.2 Å². The van der Waals surface area contributed by atoms with Crippen LogP contribution in [0.5, 0.6) is 5.88 Å². The van der Waals surface area contributed by atoms with Gasteiger partial charge in [0.15, 0.2) is 0 Å². The van der Waals surface area contributed by atoms with E-state index < -0.39 is 0 Å². The average Bonchev–Trinajstić information content (AvgIpc) is 2.52. The summed E-state index contributed by atoms with van der Waals surface area (Å²) in [5, 5.41) is 8.86. The molecule has 116 valence electrons. The van der Waals surface area contributed by atoms with Crippen LogP contribution in [0.2, 0.25) is 0 Å². The Hall–Kier alpha value is -2.87. The number of amides is 1. The van der Waals surface area contributed by atoms with Crippen LogP contribution in [-0.2, 0) is 0 Å². The number of pyridine rings is 1. The van der Waals surface area contributed by atoms with Crippen LogP contribution in [0.4, 0.5) is 0 Å². The lowest BCUT2D eigenvalue weighted by atomic mass is 10.0. The molecule has 0 bridgehead atoms. The fourth-order valence-corrected chi connectivity index (χ4v) is 2.45. The largest absolute Gasteiger partial charge is 0.471 e. The molecule has 0 atom stereocenters. The van der Waals surface area contributed by atoms with Crippen LogP contribution in [0.3, 0.4) is 0 Å². The second-order valence-electron chi connectivity index (χ2n) is 5.74. The third-order valence-electron chi connectivity index (χ3n) is 4.04. The van der Waals surface area contributed by atoms with E-state index in [-0.39, 0.29) is 12.0 Å². The maximum absolute atomic E-state index is 12.4. The Bertz CT molecular complexity index is 789. The lowest BCUT2D eigenvalue weighted by Crippen LogP contribution is -2.56. The first-order chi connectivity index (χ1) is 11.1. The topological polar surface area (TPSA) is 66.2 Å². The Morgan fingerprint density at radius 2 is 2.04 bits per heavy atom. The highest BCUT2D eigenvalue weighted by molar-refractivity contribution is 5.95. The van der Waals surface area contributed by atoms with E-state index in [2.05, 4.69) is 11.1 Å². The number of carbonyl (C=O) groups is 1. The van der Waals surface area contributed by atoms with Crippen molar-refractivity contribution < 1.29 is 9.53 Å². The van der Waals surface area contributed by atoms with Gasteiger partial charge in [-0.1, -0.05) is 6.07 Å². The van der Waals surface area contributed by atoms with Crippen LogP contribution in [0, 0.1) is 25.2 Å². The zero-order valence-corrected chi connectivity index (χ0v) is 13.1. The van der Waals surface area contributed by atoms with Gasteiger partial charge < -0.3 is 9.64 Å². The number of nitrogens with zero attached hydrogens (tertiary/aromatic N) is 3. The predicted molar refractivity (Wildman–Crippen MR) is 85.2 cm³/mol. The highest BCUT2D eigenvalue weighted by Crippen LogP contribution is 2.20. The monoisotopic (exact) mass is 307 g/mol. The molecule has 0 N–H and O–H groups in total. The maximum Gasteiger partial charge on any atom is 0.254 e. The zero-order valence-electron chi connectivity index (χ0n) is 13.1. The van der Waals surface area contributed by atoms with E-state index in [0.717, 1.165) is 5.56 Å². The van der Waals surface area contributed by atoms with Crippen LogP contribution >= 0.6 is 0 Å². The Labute approximate surface area is 135 Å². The molecule has 0 unspecified atom stereocenters. The molecule has 5 nitrogen and oxygen atoms in total. The second kappa shape index (κ2) is 6.09. The number of likely N-dealkylation sites (tertiary alicyclic amines) is 1. The molecular weight excluding hydrogens is 290 g/mol. The standard InChI is InChI=1S/C18H17N3O2/c1-12-3-4-15(7-13(12)2)18(22)21-10-16(11-21)23-17-8-14(9-19)5-6-20-17/h3-8,16H,10-11H2,1-2H3. The molecule has 1 amide bonds. The summed E-state index contributed by atoms with van der Waals surface area (Å²) < 4.78 is 5.70. The Kier molecular flexibility index (Phi) is 3.98. The van der Waals surface area contributed by atoms with Crippen molar-refractivity contribution in [1.82, 2.24) is 9.88 Å². The number of benzene rings is 1. The molecule has 1 aliphatic heterocycles. The van der Waals surface area contributed by atoms with E-state index >= 15 is 0 Å². The van der Waals surface area contributed by atoms with E-state index in [9.17, 15) is 4.79 Å². The third kappa shape index (κ3) is 3.16. The van der Waals surface area contributed by atoms with Crippen LogP contribution < -0.4 is 4.74 Å². The normalized spacial score (nSPS) is 14.0.